The first-order valence-corrected chi connectivity index (χ1v) is 5.67. The van der Waals surface area contributed by atoms with Crippen molar-refractivity contribution in [3.63, 3.8) is 0 Å². The van der Waals surface area contributed by atoms with Gasteiger partial charge in [-0.3, -0.25) is 0 Å². The number of fused-ring (bicyclic) bond motifs is 1. The van der Waals surface area contributed by atoms with E-state index in [2.05, 4.69) is 17.2 Å². The second-order valence-electron chi connectivity index (χ2n) is 4.70. The van der Waals surface area contributed by atoms with Crippen LogP contribution in [0.1, 0.15) is 13.3 Å². The standard InChI is InChI=1S/C12H15N3O2/c1-12(5-6-16-7-12)15-11-14-10-8(13)3-2-4-9(10)17-11/h2-4H,5-7,13H2,1H3,(H,14,15). The van der Waals surface area contributed by atoms with Crippen LogP contribution in [0.4, 0.5) is 11.7 Å². The van der Waals surface area contributed by atoms with Gasteiger partial charge in [0.15, 0.2) is 5.58 Å². The van der Waals surface area contributed by atoms with Crippen molar-refractivity contribution in [2.75, 3.05) is 24.3 Å². The smallest absolute Gasteiger partial charge is 0.296 e. The van der Waals surface area contributed by atoms with Crippen molar-refractivity contribution in [1.29, 1.82) is 0 Å². The highest BCUT2D eigenvalue weighted by atomic mass is 16.5. The topological polar surface area (TPSA) is 73.3 Å². The number of benzene rings is 1. The van der Waals surface area contributed by atoms with Crippen molar-refractivity contribution < 1.29 is 9.15 Å². The van der Waals surface area contributed by atoms with E-state index in [9.17, 15) is 0 Å². The highest BCUT2D eigenvalue weighted by Gasteiger charge is 2.31. The molecule has 0 bridgehead atoms. The summed E-state index contributed by atoms with van der Waals surface area (Å²) in [7, 11) is 0. The Bertz CT molecular complexity index is 544. The fraction of sp³-hybridized carbons (Fsp3) is 0.417. The molecule has 17 heavy (non-hydrogen) atoms. The lowest BCUT2D eigenvalue weighted by molar-refractivity contribution is 0.184. The minimum Gasteiger partial charge on any atom is -0.423 e. The summed E-state index contributed by atoms with van der Waals surface area (Å²) in [5.74, 6) is 0. The van der Waals surface area contributed by atoms with Crippen molar-refractivity contribution in [3.05, 3.63) is 18.2 Å². The summed E-state index contributed by atoms with van der Waals surface area (Å²) in [6.45, 7) is 3.53. The third-order valence-corrected chi connectivity index (χ3v) is 3.08. The molecule has 0 aliphatic carbocycles. The Morgan fingerprint density at radius 2 is 2.35 bits per heavy atom. The van der Waals surface area contributed by atoms with Gasteiger partial charge in [-0.2, -0.15) is 4.98 Å². The normalized spacial score (nSPS) is 24.3. The van der Waals surface area contributed by atoms with Crippen LogP contribution in [-0.4, -0.2) is 23.7 Å². The number of anilines is 2. The first kappa shape index (κ1) is 10.4. The molecule has 5 nitrogen and oxygen atoms in total. The summed E-state index contributed by atoms with van der Waals surface area (Å²) in [4.78, 5) is 4.36. The Morgan fingerprint density at radius 3 is 3.06 bits per heavy atom. The number of nitrogens with zero attached hydrogens (tertiary/aromatic N) is 1. The van der Waals surface area contributed by atoms with Crippen LogP contribution in [0.3, 0.4) is 0 Å². The summed E-state index contributed by atoms with van der Waals surface area (Å²) >= 11 is 0. The Kier molecular flexibility index (Phi) is 2.22. The molecule has 2 heterocycles. The fourth-order valence-electron chi connectivity index (χ4n) is 2.05. The maximum absolute atomic E-state index is 5.84. The molecule has 0 spiro atoms. The SMILES string of the molecule is CC1(Nc2nc3c(N)cccc3o2)CCOC1. The average Bonchev–Trinajstić information content (AvgIpc) is 2.86. The molecular weight excluding hydrogens is 218 g/mol. The number of nitrogens with one attached hydrogen (secondary N) is 1. The maximum Gasteiger partial charge on any atom is 0.296 e. The minimum atomic E-state index is -0.102. The fourth-order valence-corrected chi connectivity index (χ4v) is 2.05. The minimum absolute atomic E-state index is 0.102. The third-order valence-electron chi connectivity index (χ3n) is 3.08. The molecule has 1 fully saturated rings. The van der Waals surface area contributed by atoms with Crippen LogP contribution in [0.5, 0.6) is 0 Å². The maximum atomic E-state index is 5.84. The van der Waals surface area contributed by atoms with Gasteiger partial charge in [-0.05, 0) is 25.5 Å². The molecule has 90 valence electrons. The van der Waals surface area contributed by atoms with E-state index in [0.29, 0.717) is 29.4 Å². The van der Waals surface area contributed by atoms with Crippen molar-refractivity contribution in [2.45, 2.75) is 18.9 Å². The second kappa shape index (κ2) is 3.63. The van der Waals surface area contributed by atoms with E-state index in [1.807, 2.05) is 18.2 Å². The zero-order valence-corrected chi connectivity index (χ0v) is 9.69. The van der Waals surface area contributed by atoms with Crippen molar-refractivity contribution in [2.24, 2.45) is 0 Å². The van der Waals surface area contributed by atoms with E-state index in [-0.39, 0.29) is 5.54 Å². The predicted molar refractivity (Wildman–Crippen MR) is 65.9 cm³/mol. The second-order valence-corrected chi connectivity index (χ2v) is 4.70. The summed E-state index contributed by atoms with van der Waals surface area (Å²) in [5.41, 5.74) is 7.78. The van der Waals surface area contributed by atoms with Crippen LogP contribution in [-0.2, 0) is 4.74 Å². The lowest BCUT2D eigenvalue weighted by Gasteiger charge is -2.21. The van der Waals surface area contributed by atoms with Gasteiger partial charge in [0.25, 0.3) is 6.01 Å². The Morgan fingerprint density at radius 1 is 1.47 bits per heavy atom. The van der Waals surface area contributed by atoms with E-state index >= 15 is 0 Å². The molecule has 3 rings (SSSR count). The van der Waals surface area contributed by atoms with E-state index in [4.69, 9.17) is 14.9 Å². The molecule has 1 unspecified atom stereocenters. The van der Waals surface area contributed by atoms with Crippen LogP contribution in [0.25, 0.3) is 11.1 Å². The van der Waals surface area contributed by atoms with Gasteiger partial charge in [-0.15, -0.1) is 0 Å². The number of oxazole rings is 1. The van der Waals surface area contributed by atoms with E-state index < -0.39 is 0 Å². The van der Waals surface area contributed by atoms with Crippen LogP contribution in [0.2, 0.25) is 0 Å². The highest BCUT2D eigenvalue weighted by molar-refractivity contribution is 5.86. The number of rotatable bonds is 2. The van der Waals surface area contributed by atoms with Crippen LogP contribution in [0.15, 0.2) is 22.6 Å². The predicted octanol–water partition coefficient (Wildman–Crippen LogP) is 2.00. The van der Waals surface area contributed by atoms with Crippen molar-refractivity contribution in [3.8, 4) is 0 Å². The van der Waals surface area contributed by atoms with Gasteiger partial charge in [0, 0.05) is 6.61 Å². The van der Waals surface area contributed by atoms with Crippen LogP contribution in [0, 0.1) is 0 Å². The van der Waals surface area contributed by atoms with Crippen LogP contribution >= 0.6 is 0 Å². The number of nitrogens with two attached hydrogens (primary N) is 1. The van der Waals surface area contributed by atoms with E-state index in [0.717, 1.165) is 13.0 Å². The molecule has 1 aliphatic heterocycles. The Hall–Kier alpha value is -1.75. The molecule has 3 N–H and O–H groups in total. The van der Waals surface area contributed by atoms with Crippen molar-refractivity contribution in [1.82, 2.24) is 4.98 Å². The lowest BCUT2D eigenvalue weighted by atomic mass is 10.0. The molecule has 1 aromatic carbocycles. The molecule has 5 heteroatoms. The number of nitrogen functional groups attached to an aromatic ring is 1. The average molecular weight is 233 g/mol. The van der Waals surface area contributed by atoms with Gasteiger partial charge in [-0.25, -0.2) is 0 Å². The molecule has 0 amide bonds. The number of ether oxygens (including phenoxy) is 1. The molecule has 0 saturated carbocycles. The van der Waals surface area contributed by atoms with Crippen LogP contribution < -0.4 is 11.1 Å². The monoisotopic (exact) mass is 233 g/mol. The van der Waals surface area contributed by atoms with E-state index in [1.165, 1.54) is 0 Å². The summed E-state index contributed by atoms with van der Waals surface area (Å²) in [5, 5.41) is 3.28. The molecule has 1 saturated heterocycles. The van der Waals surface area contributed by atoms with Gasteiger partial charge >= 0.3 is 0 Å². The van der Waals surface area contributed by atoms with Gasteiger partial charge < -0.3 is 20.2 Å². The zero-order chi connectivity index (χ0) is 11.9. The summed E-state index contributed by atoms with van der Waals surface area (Å²) in [6.07, 6.45) is 0.946. The highest BCUT2D eigenvalue weighted by Crippen LogP contribution is 2.28. The molecule has 1 aliphatic rings. The summed E-state index contributed by atoms with van der Waals surface area (Å²) < 4.78 is 11.0. The molecular formula is C12H15N3O2. The Balaban J connectivity index is 1.93. The van der Waals surface area contributed by atoms with Crippen molar-refractivity contribution >= 4 is 22.8 Å². The van der Waals surface area contributed by atoms with Gasteiger partial charge in [0.2, 0.25) is 0 Å². The zero-order valence-electron chi connectivity index (χ0n) is 9.69. The Labute approximate surface area is 98.9 Å². The van der Waals surface area contributed by atoms with Gasteiger partial charge in [-0.1, -0.05) is 6.07 Å². The molecule has 2 aromatic rings. The molecule has 0 radical (unpaired) electrons. The van der Waals surface area contributed by atoms with Gasteiger partial charge in [0.05, 0.1) is 17.8 Å². The third kappa shape index (κ3) is 1.82. The number of hydrogen-bond acceptors (Lipinski definition) is 5. The number of para-hydroxylation sites is 1. The molecule has 1 aromatic heterocycles. The first-order valence-electron chi connectivity index (χ1n) is 5.67. The summed E-state index contributed by atoms with van der Waals surface area (Å²) in [6, 6.07) is 6.03. The van der Waals surface area contributed by atoms with E-state index in [1.54, 1.807) is 0 Å². The lowest BCUT2D eigenvalue weighted by Crippen LogP contribution is -2.35. The quantitative estimate of drug-likeness (QED) is 0.776. The largest absolute Gasteiger partial charge is 0.423 e. The first-order chi connectivity index (χ1) is 8.16. The van der Waals surface area contributed by atoms with Gasteiger partial charge in [0.1, 0.15) is 5.52 Å². The molecule has 1 atom stereocenters. The number of hydrogen-bond donors (Lipinski definition) is 2. The number of aromatic nitrogens is 1.